The van der Waals surface area contributed by atoms with Crippen molar-refractivity contribution < 1.29 is 12.9 Å². The van der Waals surface area contributed by atoms with Crippen molar-refractivity contribution in [1.82, 2.24) is 20.2 Å². The van der Waals surface area contributed by atoms with Gasteiger partial charge in [0.1, 0.15) is 0 Å². The van der Waals surface area contributed by atoms with Crippen molar-refractivity contribution in [3.63, 3.8) is 0 Å². The lowest BCUT2D eigenvalue weighted by molar-refractivity contribution is 0.430. The third kappa shape index (κ3) is 2.31. The molecule has 0 spiro atoms. The van der Waals surface area contributed by atoms with Crippen molar-refractivity contribution in [2.75, 3.05) is 4.72 Å². The van der Waals surface area contributed by atoms with Crippen LogP contribution < -0.4 is 4.72 Å². The zero-order valence-electron chi connectivity index (χ0n) is 8.88. The molecule has 0 unspecified atom stereocenters. The molecule has 0 radical (unpaired) electrons. The first-order chi connectivity index (χ1) is 7.90. The highest BCUT2D eigenvalue weighted by Gasteiger charge is 2.25. The van der Waals surface area contributed by atoms with Crippen LogP contribution in [0, 0.1) is 6.92 Å². The standard InChI is InChI=1S/C7H8BrN5O3S/c1-4-3-5(16-10-4)11-17(14,15)7-6(8)9-12-13(7)2/h3,11H,1-2H3. The van der Waals surface area contributed by atoms with Gasteiger partial charge in [-0.05, 0) is 22.9 Å². The lowest BCUT2D eigenvalue weighted by Gasteiger charge is -2.03. The van der Waals surface area contributed by atoms with Crippen molar-refractivity contribution in [2.24, 2.45) is 7.05 Å². The Kier molecular flexibility index (Phi) is 2.91. The predicted octanol–water partition coefficient (Wildman–Crippen LogP) is 0.675. The fourth-order valence-corrected chi connectivity index (χ4v) is 3.27. The van der Waals surface area contributed by atoms with Crippen molar-refractivity contribution in [1.29, 1.82) is 0 Å². The minimum absolute atomic E-state index is 0.0376. The fourth-order valence-electron chi connectivity index (χ4n) is 1.20. The molecule has 0 bridgehead atoms. The summed E-state index contributed by atoms with van der Waals surface area (Å²) in [5, 5.41) is 10.7. The second kappa shape index (κ2) is 4.11. The van der Waals surface area contributed by atoms with E-state index in [0.717, 1.165) is 4.68 Å². The van der Waals surface area contributed by atoms with Crippen LogP contribution in [0.25, 0.3) is 0 Å². The van der Waals surface area contributed by atoms with Crippen molar-refractivity contribution in [2.45, 2.75) is 11.9 Å². The Morgan fingerprint density at radius 1 is 1.53 bits per heavy atom. The summed E-state index contributed by atoms with van der Waals surface area (Å²) in [4.78, 5) is 0. The van der Waals surface area contributed by atoms with E-state index in [1.165, 1.54) is 13.1 Å². The van der Waals surface area contributed by atoms with Crippen LogP contribution in [0.1, 0.15) is 5.69 Å². The SMILES string of the molecule is Cc1cc(NS(=O)(=O)c2c(Br)nnn2C)on1. The summed E-state index contributed by atoms with van der Waals surface area (Å²) in [6.07, 6.45) is 0. The average molecular weight is 322 g/mol. The van der Waals surface area contributed by atoms with E-state index in [1.54, 1.807) is 6.92 Å². The first-order valence-electron chi connectivity index (χ1n) is 4.41. The number of hydrogen-bond acceptors (Lipinski definition) is 6. The van der Waals surface area contributed by atoms with E-state index in [4.69, 9.17) is 4.52 Å². The van der Waals surface area contributed by atoms with Crippen molar-refractivity contribution in [3.05, 3.63) is 16.4 Å². The Labute approximate surface area is 105 Å². The predicted molar refractivity (Wildman–Crippen MR) is 60.8 cm³/mol. The normalized spacial score (nSPS) is 11.7. The zero-order valence-corrected chi connectivity index (χ0v) is 11.3. The Morgan fingerprint density at radius 2 is 2.24 bits per heavy atom. The molecule has 2 aromatic heterocycles. The lowest BCUT2D eigenvalue weighted by atomic mass is 10.5. The maximum absolute atomic E-state index is 12.0. The van der Waals surface area contributed by atoms with Gasteiger partial charge in [-0.15, -0.1) is 5.10 Å². The Balaban J connectivity index is 2.38. The summed E-state index contributed by atoms with van der Waals surface area (Å²) in [5.74, 6) is 0.0376. The first kappa shape index (κ1) is 12.0. The topological polar surface area (TPSA) is 103 Å². The molecule has 0 fully saturated rings. The molecule has 92 valence electrons. The second-order valence-corrected chi connectivity index (χ2v) is 5.60. The Bertz CT molecular complexity index is 627. The van der Waals surface area contributed by atoms with Crippen LogP contribution in [0.5, 0.6) is 0 Å². The fraction of sp³-hybridized carbons (Fsp3) is 0.286. The highest BCUT2D eigenvalue weighted by Crippen LogP contribution is 2.21. The number of halogens is 1. The molecule has 2 aromatic rings. The van der Waals surface area contributed by atoms with Gasteiger partial charge in [0, 0.05) is 13.1 Å². The molecule has 0 aliphatic heterocycles. The van der Waals surface area contributed by atoms with Gasteiger partial charge >= 0.3 is 0 Å². The van der Waals surface area contributed by atoms with E-state index in [2.05, 4.69) is 36.1 Å². The Hall–Kier alpha value is -1.42. The van der Waals surface area contributed by atoms with E-state index in [0.29, 0.717) is 5.69 Å². The molecule has 0 saturated heterocycles. The molecule has 8 nitrogen and oxygen atoms in total. The molecule has 0 aliphatic carbocycles. The number of sulfonamides is 1. The smallest absolute Gasteiger partial charge is 0.284 e. The molecule has 10 heteroatoms. The molecule has 2 heterocycles. The number of aryl methyl sites for hydroxylation is 2. The zero-order chi connectivity index (χ0) is 12.6. The van der Waals surface area contributed by atoms with E-state index in [-0.39, 0.29) is 15.5 Å². The van der Waals surface area contributed by atoms with Crippen LogP contribution in [0.4, 0.5) is 5.88 Å². The molecular weight excluding hydrogens is 314 g/mol. The van der Waals surface area contributed by atoms with E-state index < -0.39 is 10.0 Å². The Morgan fingerprint density at radius 3 is 2.71 bits per heavy atom. The highest BCUT2D eigenvalue weighted by molar-refractivity contribution is 9.10. The van der Waals surface area contributed by atoms with Gasteiger partial charge in [0.2, 0.25) is 10.9 Å². The summed E-state index contributed by atoms with van der Waals surface area (Å²) in [7, 11) is -2.34. The van der Waals surface area contributed by atoms with Crippen LogP contribution in [-0.2, 0) is 17.1 Å². The van der Waals surface area contributed by atoms with Crippen LogP contribution in [0.3, 0.4) is 0 Å². The van der Waals surface area contributed by atoms with E-state index in [9.17, 15) is 8.42 Å². The van der Waals surface area contributed by atoms with Gasteiger partial charge in [-0.1, -0.05) is 10.4 Å². The maximum atomic E-state index is 12.0. The second-order valence-electron chi connectivity index (χ2n) is 3.25. The number of nitrogens with one attached hydrogen (secondary N) is 1. The molecule has 0 amide bonds. The summed E-state index contributed by atoms with van der Waals surface area (Å²) in [6.45, 7) is 1.68. The largest absolute Gasteiger partial charge is 0.338 e. The van der Waals surface area contributed by atoms with Crippen molar-refractivity contribution in [3.8, 4) is 0 Å². The summed E-state index contributed by atoms with van der Waals surface area (Å²) in [5.41, 5.74) is 0.574. The van der Waals surface area contributed by atoms with Crippen molar-refractivity contribution >= 4 is 31.8 Å². The summed E-state index contributed by atoms with van der Waals surface area (Å²) >= 11 is 3.01. The highest BCUT2D eigenvalue weighted by atomic mass is 79.9. The molecule has 2 rings (SSSR count). The van der Waals surface area contributed by atoms with Crippen LogP contribution in [0.2, 0.25) is 0 Å². The molecular formula is C7H8BrN5O3S. The third-order valence-corrected chi connectivity index (χ3v) is 4.09. The van der Waals surface area contributed by atoms with Crippen LogP contribution >= 0.6 is 15.9 Å². The van der Waals surface area contributed by atoms with Crippen LogP contribution in [-0.4, -0.2) is 28.6 Å². The van der Waals surface area contributed by atoms with E-state index in [1.807, 2.05) is 0 Å². The third-order valence-electron chi connectivity index (χ3n) is 1.85. The van der Waals surface area contributed by atoms with Crippen LogP contribution in [0.15, 0.2) is 20.2 Å². The van der Waals surface area contributed by atoms with Gasteiger partial charge in [0.05, 0.1) is 5.69 Å². The lowest BCUT2D eigenvalue weighted by Crippen LogP contribution is -2.16. The van der Waals surface area contributed by atoms with Gasteiger partial charge < -0.3 is 4.52 Å². The monoisotopic (exact) mass is 321 g/mol. The van der Waals surface area contributed by atoms with Gasteiger partial charge in [0.15, 0.2) is 4.60 Å². The first-order valence-corrected chi connectivity index (χ1v) is 6.69. The molecule has 1 N–H and O–H groups in total. The number of rotatable bonds is 3. The van der Waals surface area contributed by atoms with Gasteiger partial charge in [0.25, 0.3) is 10.0 Å². The number of anilines is 1. The van der Waals surface area contributed by atoms with Gasteiger partial charge in [-0.3, -0.25) is 0 Å². The quantitative estimate of drug-likeness (QED) is 0.891. The average Bonchev–Trinajstić information content (AvgIpc) is 2.73. The summed E-state index contributed by atoms with van der Waals surface area (Å²) in [6, 6.07) is 1.47. The molecule has 0 atom stereocenters. The minimum Gasteiger partial charge on any atom is -0.338 e. The molecule has 0 saturated carbocycles. The summed E-state index contributed by atoms with van der Waals surface area (Å²) < 4.78 is 32.2. The number of nitrogens with zero attached hydrogens (tertiary/aromatic N) is 4. The van der Waals surface area contributed by atoms with E-state index >= 15 is 0 Å². The molecule has 0 aliphatic rings. The minimum atomic E-state index is -3.81. The van der Waals surface area contributed by atoms with Gasteiger partial charge in [-0.2, -0.15) is 8.42 Å². The molecule has 0 aromatic carbocycles. The van der Waals surface area contributed by atoms with Gasteiger partial charge in [-0.25, -0.2) is 9.40 Å². The number of hydrogen-bond donors (Lipinski definition) is 1. The maximum Gasteiger partial charge on any atom is 0.284 e. The number of aromatic nitrogens is 4. The molecule has 17 heavy (non-hydrogen) atoms.